The van der Waals surface area contributed by atoms with E-state index in [1.165, 1.54) is 0 Å². The number of aromatic amines is 1. The molecule has 34 heavy (non-hydrogen) atoms. The summed E-state index contributed by atoms with van der Waals surface area (Å²) in [6.07, 6.45) is 4.99. The maximum Gasteiger partial charge on any atom is 0.407 e. The lowest BCUT2D eigenvalue weighted by atomic mass is 9.84. The molecule has 2 atom stereocenters. The summed E-state index contributed by atoms with van der Waals surface area (Å²) in [6, 6.07) is 9.29. The second-order valence-electron chi connectivity index (χ2n) is 9.73. The van der Waals surface area contributed by atoms with Crippen LogP contribution in [0.2, 0.25) is 0 Å². The Kier molecular flexibility index (Phi) is 7.41. The van der Waals surface area contributed by atoms with Gasteiger partial charge in [0.2, 0.25) is 5.91 Å². The Morgan fingerprint density at radius 2 is 1.91 bits per heavy atom. The third-order valence-corrected chi connectivity index (χ3v) is 6.87. The predicted molar refractivity (Wildman–Crippen MR) is 127 cm³/mol. The summed E-state index contributed by atoms with van der Waals surface area (Å²) in [7, 11) is 1.61. The van der Waals surface area contributed by atoms with Crippen LogP contribution in [0.5, 0.6) is 5.75 Å². The van der Waals surface area contributed by atoms with Gasteiger partial charge < -0.3 is 25.2 Å². The molecule has 2 aliphatic carbocycles. The largest absolute Gasteiger partial charge is 0.497 e. The lowest BCUT2D eigenvalue weighted by molar-refractivity contribution is -0.115. The first-order valence-electron chi connectivity index (χ1n) is 12.0. The van der Waals surface area contributed by atoms with Crippen LogP contribution < -0.4 is 15.4 Å². The number of benzene rings is 1. The van der Waals surface area contributed by atoms with Crippen LogP contribution in [0.15, 0.2) is 30.3 Å². The highest BCUT2D eigenvalue weighted by Crippen LogP contribution is 2.36. The molecule has 1 heterocycles. The number of nitrogens with one attached hydrogen (secondary N) is 3. The van der Waals surface area contributed by atoms with Crippen LogP contribution in [0, 0.1) is 0 Å². The fourth-order valence-electron chi connectivity index (χ4n) is 4.79. The number of hydrogen-bond donors (Lipinski definition) is 4. The molecule has 0 radical (unpaired) electrons. The monoisotopic (exact) mass is 470 g/mol. The number of amides is 2. The van der Waals surface area contributed by atoms with Crippen LogP contribution in [0.25, 0.3) is 0 Å². The van der Waals surface area contributed by atoms with Gasteiger partial charge in [-0.25, -0.2) is 4.79 Å². The number of carbonyl (C=O) groups excluding carboxylic acids is 2. The molecule has 0 saturated heterocycles. The molecule has 2 saturated carbocycles. The fraction of sp³-hybridized carbons (Fsp3) is 0.560. The van der Waals surface area contributed by atoms with E-state index < -0.39 is 5.60 Å². The van der Waals surface area contributed by atoms with Crippen molar-refractivity contribution in [2.24, 2.45) is 0 Å². The number of anilines is 1. The summed E-state index contributed by atoms with van der Waals surface area (Å²) in [6.45, 7) is 1.84. The molecule has 0 aliphatic heterocycles. The second kappa shape index (κ2) is 10.5. The Hall–Kier alpha value is -3.07. The molecule has 2 amide bonds. The summed E-state index contributed by atoms with van der Waals surface area (Å²) >= 11 is 0. The Morgan fingerprint density at radius 3 is 2.62 bits per heavy atom. The van der Waals surface area contributed by atoms with Crippen molar-refractivity contribution >= 4 is 17.8 Å². The van der Waals surface area contributed by atoms with Gasteiger partial charge in [-0.3, -0.25) is 9.89 Å². The van der Waals surface area contributed by atoms with Gasteiger partial charge in [-0.15, -0.1) is 0 Å². The summed E-state index contributed by atoms with van der Waals surface area (Å²) < 4.78 is 10.8. The lowest BCUT2D eigenvalue weighted by Crippen LogP contribution is -2.43. The van der Waals surface area contributed by atoms with Gasteiger partial charge in [0.1, 0.15) is 11.9 Å². The SMILES string of the molecule is COc1ccc(CC(=O)Nc2cc([C@@H]3CCC(OC(=O)N[C@H]4CC[C@](C)(O)CC4)C3)[nH]n2)cc1. The van der Waals surface area contributed by atoms with Crippen molar-refractivity contribution in [1.82, 2.24) is 15.5 Å². The predicted octanol–water partition coefficient (Wildman–Crippen LogP) is 3.66. The maximum absolute atomic E-state index is 12.4. The van der Waals surface area contributed by atoms with E-state index in [4.69, 9.17) is 9.47 Å². The molecular formula is C25H34N4O5. The number of alkyl carbamates (subject to hydrolysis) is 1. The summed E-state index contributed by atoms with van der Waals surface area (Å²) in [5.41, 5.74) is 1.20. The lowest BCUT2D eigenvalue weighted by Gasteiger charge is -2.33. The van der Waals surface area contributed by atoms with E-state index in [2.05, 4.69) is 20.8 Å². The molecule has 4 N–H and O–H groups in total. The highest BCUT2D eigenvalue weighted by atomic mass is 16.6. The molecule has 1 aromatic carbocycles. The van der Waals surface area contributed by atoms with Crippen molar-refractivity contribution in [1.29, 1.82) is 0 Å². The average molecular weight is 471 g/mol. The standard InChI is InChI=1S/C25H34N4O5/c1-25(32)11-9-18(10-12-25)26-24(31)34-20-8-5-17(14-20)21-15-22(29-28-21)27-23(30)13-16-3-6-19(33-2)7-4-16/h3-4,6-7,15,17-18,20,32H,5,8-14H2,1-2H3,(H,26,31)(H2,27,28,29,30)/t17-,18-,20?,25-/m1/s1. The molecule has 0 bridgehead atoms. The van der Waals surface area contributed by atoms with Gasteiger partial charge in [-0.05, 0) is 69.6 Å². The van der Waals surface area contributed by atoms with E-state index >= 15 is 0 Å². The van der Waals surface area contributed by atoms with Crippen LogP contribution in [0.4, 0.5) is 10.6 Å². The zero-order chi connectivity index (χ0) is 24.1. The topological polar surface area (TPSA) is 126 Å². The zero-order valence-corrected chi connectivity index (χ0v) is 19.8. The first-order valence-corrected chi connectivity index (χ1v) is 12.0. The molecule has 1 unspecified atom stereocenters. The third kappa shape index (κ3) is 6.50. The summed E-state index contributed by atoms with van der Waals surface area (Å²) in [5.74, 6) is 1.29. The van der Waals surface area contributed by atoms with Gasteiger partial charge in [0.05, 0.1) is 19.1 Å². The minimum absolute atomic E-state index is 0.0571. The first-order chi connectivity index (χ1) is 16.3. The van der Waals surface area contributed by atoms with Crippen molar-refractivity contribution in [3.8, 4) is 5.75 Å². The average Bonchev–Trinajstić information content (AvgIpc) is 3.45. The number of methoxy groups -OCH3 is 1. The fourth-order valence-corrected chi connectivity index (χ4v) is 4.79. The Balaban J connectivity index is 1.21. The number of aliphatic hydroxyl groups is 1. The zero-order valence-electron chi connectivity index (χ0n) is 19.8. The van der Waals surface area contributed by atoms with Crippen molar-refractivity contribution in [3.05, 3.63) is 41.6 Å². The van der Waals surface area contributed by atoms with Gasteiger partial charge >= 0.3 is 6.09 Å². The highest BCUT2D eigenvalue weighted by molar-refractivity contribution is 5.91. The van der Waals surface area contributed by atoms with Crippen LogP contribution >= 0.6 is 0 Å². The van der Waals surface area contributed by atoms with E-state index in [0.717, 1.165) is 42.7 Å². The number of rotatable bonds is 7. The van der Waals surface area contributed by atoms with Crippen LogP contribution in [0.3, 0.4) is 0 Å². The van der Waals surface area contributed by atoms with E-state index in [-0.39, 0.29) is 36.5 Å². The number of H-pyrrole nitrogens is 1. The van der Waals surface area contributed by atoms with Gasteiger partial charge in [-0.1, -0.05) is 12.1 Å². The molecule has 1 aromatic heterocycles. The molecule has 184 valence electrons. The molecule has 4 rings (SSSR count). The van der Waals surface area contributed by atoms with Crippen molar-refractivity contribution in [2.45, 2.75) is 82.0 Å². The van der Waals surface area contributed by atoms with E-state index in [1.54, 1.807) is 7.11 Å². The smallest absolute Gasteiger partial charge is 0.407 e. The number of nitrogens with zero attached hydrogens (tertiary/aromatic N) is 1. The van der Waals surface area contributed by atoms with Gasteiger partial charge in [0, 0.05) is 23.7 Å². The number of ether oxygens (including phenoxy) is 2. The Bertz CT molecular complexity index is 977. The highest BCUT2D eigenvalue weighted by Gasteiger charge is 2.32. The first kappa shape index (κ1) is 24.1. The van der Waals surface area contributed by atoms with Gasteiger partial charge in [0.15, 0.2) is 5.82 Å². The van der Waals surface area contributed by atoms with E-state index in [0.29, 0.717) is 25.1 Å². The van der Waals surface area contributed by atoms with Crippen molar-refractivity contribution < 1.29 is 24.2 Å². The molecular weight excluding hydrogens is 436 g/mol. The van der Waals surface area contributed by atoms with Crippen molar-refractivity contribution in [3.63, 3.8) is 0 Å². The maximum atomic E-state index is 12.4. The second-order valence-corrected chi connectivity index (χ2v) is 9.73. The molecule has 2 fully saturated rings. The van der Waals surface area contributed by atoms with E-state index in [9.17, 15) is 14.7 Å². The Morgan fingerprint density at radius 1 is 1.18 bits per heavy atom. The van der Waals surface area contributed by atoms with E-state index in [1.807, 2.05) is 37.3 Å². The van der Waals surface area contributed by atoms with Crippen molar-refractivity contribution in [2.75, 3.05) is 12.4 Å². The molecule has 9 nitrogen and oxygen atoms in total. The summed E-state index contributed by atoms with van der Waals surface area (Å²) in [5, 5.41) is 23.1. The molecule has 9 heteroatoms. The van der Waals surface area contributed by atoms with Crippen LogP contribution in [0.1, 0.15) is 69.0 Å². The normalized spacial score (nSPS) is 26.6. The number of carbonyl (C=O) groups is 2. The summed E-state index contributed by atoms with van der Waals surface area (Å²) in [4.78, 5) is 24.7. The quantitative estimate of drug-likeness (QED) is 0.489. The Labute approximate surface area is 199 Å². The third-order valence-electron chi connectivity index (χ3n) is 6.87. The van der Waals surface area contributed by atoms with Gasteiger partial charge in [0.25, 0.3) is 0 Å². The van der Waals surface area contributed by atoms with Gasteiger partial charge in [-0.2, -0.15) is 5.10 Å². The minimum Gasteiger partial charge on any atom is -0.497 e. The molecule has 0 spiro atoms. The number of aromatic nitrogens is 2. The molecule has 2 aliphatic rings. The molecule has 2 aromatic rings. The number of hydrogen-bond acceptors (Lipinski definition) is 6. The van der Waals surface area contributed by atoms with Crippen LogP contribution in [-0.4, -0.2) is 52.2 Å². The minimum atomic E-state index is -0.626. The van der Waals surface area contributed by atoms with Crippen LogP contribution in [-0.2, 0) is 16.0 Å².